The maximum atomic E-state index is 5.13. The van der Waals surface area contributed by atoms with E-state index in [1.54, 1.807) is 0 Å². The molecule has 0 saturated heterocycles. The first-order valence-corrected chi connectivity index (χ1v) is 1.73. The van der Waals surface area contributed by atoms with E-state index in [-0.39, 0.29) is 0 Å². The molecule has 0 amide bonds. The quantitative estimate of drug-likeness (QED) is 0.320. The lowest BCUT2D eigenvalue weighted by Crippen LogP contribution is -2.24. The van der Waals surface area contributed by atoms with Crippen LogP contribution in [0, 0.1) is 0 Å². The molecule has 0 bridgehead atoms. The van der Waals surface area contributed by atoms with Gasteiger partial charge in [-0.3, -0.25) is 0 Å². The molecule has 0 aromatic carbocycles. The number of hydrogen-bond acceptors (Lipinski definition) is 5. The molecule has 1 rings (SSSR count). The van der Waals surface area contributed by atoms with Crippen LogP contribution < -0.4 is 17.1 Å². The van der Waals surface area contributed by atoms with Crippen molar-refractivity contribution in [1.29, 1.82) is 0 Å². The van der Waals surface area contributed by atoms with Crippen LogP contribution in [0.4, 0.5) is 0 Å². The van der Waals surface area contributed by atoms with Gasteiger partial charge in [0.15, 0.2) is 0 Å². The molecule has 5 N–H and O–H groups in total. The van der Waals surface area contributed by atoms with E-state index in [4.69, 9.17) is 11.6 Å². The summed E-state index contributed by atoms with van der Waals surface area (Å²) in [5.41, 5.74) is 7.44. The maximum Gasteiger partial charge on any atom is 0.143 e. The van der Waals surface area contributed by atoms with E-state index < -0.39 is 0 Å². The Bertz CT molecular complexity index is 99.9. The number of nitrogens with zero attached hydrogens (tertiary/aromatic N) is 1. The number of rotatable bonds is 0. The summed E-state index contributed by atoms with van der Waals surface area (Å²) in [5, 5.41) is 0.981. The third-order valence-electron chi connectivity index (χ3n) is 0.535. The molecule has 0 spiro atoms. The molecule has 5 heteroatoms. The molecule has 1 aliphatic heterocycles. The van der Waals surface area contributed by atoms with Crippen LogP contribution in [-0.2, 0) is 4.94 Å². The number of hydrogen-bond donors (Lipinski definition) is 3. The molecule has 0 fully saturated rings. The molecular formula is C2H6N4O. The Morgan fingerprint density at radius 2 is 2.57 bits per heavy atom. The number of nitrogens with one attached hydrogen (secondary N) is 1. The average molecular weight is 102 g/mol. The first-order chi connectivity index (χ1) is 3.29. The molecule has 0 atom stereocenters. The van der Waals surface area contributed by atoms with Crippen LogP contribution in [0.15, 0.2) is 12.0 Å². The van der Waals surface area contributed by atoms with Gasteiger partial charge in [-0.1, -0.05) is 0 Å². The fourth-order valence-electron chi connectivity index (χ4n) is 0.295. The van der Waals surface area contributed by atoms with Crippen molar-refractivity contribution in [3.63, 3.8) is 0 Å². The zero-order valence-corrected chi connectivity index (χ0v) is 3.59. The highest BCUT2D eigenvalue weighted by Gasteiger charge is 2.02. The third kappa shape index (κ3) is 0.729. The van der Waals surface area contributed by atoms with Gasteiger partial charge in [0, 0.05) is 0 Å². The van der Waals surface area contributed by atoms with Crippen molar-refractivity contribution in [3.05, 3.63) is 12.0 Å². The third-order valence-corrected chi connectivity index (χ3v) is 0.535. The van der Waals surface area contributed by atoms with Gasteiger partial charge < -0.3 is 5.73 Å². The van der Waals surface area contributed by atoms with E-state index >= 15 is 0 Å². The summed E-state index contributed by atoms with van der Waals surface area (Å²) in [5.74, 6) is 5.42. The van der Waals surface area contributed by atoms with Crippen LogP contribution >= 0.6 is 0 Å². The fraction of sp³-hybridized carbons (Fsp3) is 0. The van der Waals surface area contributed by atoms with Crippen LogP contribution in [0.1, 0.15) is 0 Å². The second kappa shape index (κ2) is 1.28. The molecule has 1 heterocycles. The molecule has 7 heavy (non-hydrogen) atoms. The normalized spacial score (nSPS) is 19.0. The lowest BCUT2D eigenvalue weighted by molar-refractivity contribution is -0.146. The van der Waals surface area contributed by atoms with Crippen LogP contribution in [-0.4, -0.2) is 5.17 Å². The summed E-state index contributed by atoms with van der Waals surface area (Å²) in [6, 6.07) is 0. The Morgan fingerprint density at radius 1 is 1.86 bits per heavy atom. The van der Waals surface area contributed by atoms with Gasteiger partial charge in [-0.05, 0) is 0 Å². The van der Waals surface area contributed by atoms with Gasteiger partial charge in [0.1, 0.15) is 5.82 Å². The van der Waals surface area contributed by atoms with Gasteiger partial charge in [0.25, 0.3) is 0 Å². The van der Waals surface area contributed by atoms with Crippen molar-refractivity contribution in [2.45, 2.75) is 0 Å². The second-order valence-corrected chi connectivity index (χ2v) is 1.14. The zero-order chi connectivity index (χ0) is 5.28. The van der Waals surface area contributed by atoms with Crippen molar-refractivity contribution >= 4 is 0 Å². The Hall–Kier alpha value is -0.940. The SMILES string of the molecule is NC1=CN(N)ON1. The molecule has 0 aromatic heterocycles. The number of hydroxylamine groups is 2. The predicted octanol–water partition coefficient (Wildman–Crippen LogP) is -1.63. The Morgan fingerprint density at radius 3 is 2.71 bits per heavy atom. The molecule has 1 aliphatic rings. The molecule has 0 radical (unpaired) electrons. The summed E-state index contributed by atoms with van der Waals surface area (Å²) in [4.78, 5) is 4.41. The topological polar surface area (TPSA) is 76.5 Å². The fourth-order valence-corrected chi connectivity index (χ4v) is 0.295. The Labute approximate surface area is 40.4 Å². The molecular weight excluding hydrogens is 96.0 g/mol. The Kier molecular flexibility index (Phi) is 0.775. The number of nitrogens with two attached hydrogens (primary N) is 2. The van der Waals surface area contributed by atoms with Gasteiger partial charge in [0.05, 0.1) is 6.20 Å². The molecule has 0 unspecified atom stereocenters. The van der Waals surface area contributed by atoms with Gasteiger partial charge in [-0.25, -0.2) is 11.3 Å². The first kappa shape index (κ1) is 4.23. The van der Waals surface area contributed by atoms with Gasteiger partial charge >= 0.3 is 0 Å². The smallest absolute Gasteiger partial charge is 0.143 e. The standard InChI is InChI=1S/C2H6N4O/c3-2-1-6(4)7-5-2/h1,5H,3-4H2. The van der Waals surface area contributed by atoms with Crippen molar-refractivity contribution in [2.75, 3.05) is 0 Å². The minimum absolute atomic E-state index is 0.405. The molecule has 0 saturated carbocycles. The highest BCUT2D eigenvalue weighted by molar-refractivity contribution is 4.90. The van der Waals surface area contributed by atoms with Crippen molar-refractivity contribution in [1.82, 2.24) is 10.7 Å². The highest BCUT2D eigenvalue weighted by Crippen LogP contribution is 1.90. The predicted molar refractivity (Wildman–Crippen MR) is 22.5 cm³/mol. The van der Waals surface area contributed by atoms with Gasteiger partial charge in [0.2, 0.25) is 0 Å². The summed E-state index contributed by atoms with van der Waals surface area (Å²) in [7, 11) is 0. The van der Waals surface area contributed by atoms with Crippen LogP contribution in [0.5, 0.6) is 0 Å². The van der Waals surface area contributed by atoms with Crippen molar-refractivity contribution < 1.29 is 4.94 Å². The summed E-state index contributed by atoms with van der Waals surface area (Å²) in [6.07, 6.45) is 1.42. The van der Waals surface area contributed by atoms with Crippen LogP contribution in [0.2, 0.25) is 0 Å². The van der Waals surface area contributed by atoms with E-state index in [1.807, 2.05) is 0 Å². The van der Waals surface area contributed by atoms with E-state index in [0.717, 1.165) is 5.17 Å². The monoisotopic (exact) mass is 102 g/mol. The first-order valence-electron chi connectivity index (χ1n) is 1.73. The van der Waals surface area contributed by atoms with E-state index in [1.165, 1.54) is 6.20 Å². The van der Waals surface area contributed by atoms with E-state index in [0.29, 0.717) is 5.82 Å². The summed E-state index contributed by atoms with van der Waals surface area (Å²) >= 11 is 0. The average Bonchev–Trinajstić information content (AvgIpc) is 1.87. The van der Waals surface area contributed by atoms with Crippen LogP contribution in [0.3, 0.4) is 0 Å². The summed E-state index contributed by atoms with van der Waals surface area (Å²) < 4.78 is 0. The van der Waals surface area contributed by atoms with E-state index in [9.17, 15) is 0 Å². The van der Waals surface area contributed by atoms with Crippen molar-refractivity contribution in [3.8, 4) is 0 Å². The van der Waals surface area contributed by atoms with Crippen molar-refractivity contribution in [2.24, 2.45) is 11.6 Å². The molecule has 40 valence electrons. The van der Waals surface area contributed by atoms with Gasteiger partial charge in [-0.2, -0.15) is 5.17 Å². The zero-order valence-electron chi connectivity index (χ0n) is 3.59. The largest absolute Gasteiger partial charge is 0.382 e. The molecule has 5 nitrogen and oxygen atoms in total. The minimum Gasteiger partial charge on any atom is -0.382 e. The second-order valence-electron chi connectivity index (χ2n) is 1.14. The summed E-state index contributed by atoms with van der Waals surface area (Å²) in [6.45, 7) is 0. The van der Waals surface area contributed by atoms with Gasteiger partial charge in [-0.15, -0.1) is 4.94 Å². The lowest BCUT2D eigenvalue weighted by Gasteiger charge is -2.00. The Balaban J connectivity index is 2.50. The maximum absolute atomic E-state index is 5.13. The number of hydrazine groups is 1. The molecule has 0 aromatic rings. The van der Waals surface area contributed by atoms with Crippen LogP contribution in [0.25, 0.3) is 0 Å². The molecule has 0 aliphatic carbocycles. The van der Waals surface area contributed by atoms with E-state index in [2.05, 4.69) is 10.4 Å². The minimum atomic E-state index is 0.405. The lowest BCUT2D eigenvalue weighted by atomic mass is 10.8. The highest BCUT2D eigenvalue weighted by atomic mass is 16.8.